The summed E-state index contributed by atoms with van der Waals surface area (Å²) >= 11 is 0. The van der Waals surface area contributed by atoms with Gasteiger partial charge in [-0.3, -0.25) is 9.59 Å². The predicted octanol–water partition coefficient (Wildman–Crippen LogP) is 2.06. The van der Waals surface area contributed by atoms with Crippen molar-refractivity contribution in [3.8, 4) is 6.07 Å². The summed E-state index contributed by atoms with van der Waals surface area (Å²) in [6, 6.07) is 12.6. The maximum Gasteiger partial charge on any atom is 0.247 e. The average molecular weight is 416 g/mol. The Kier molecular flexibility index (Phi) is 3.37. The van der Waals surface area contributed by atoms with Crippen molar-refractivity contribution in [3.63, 3.8) is 0 Å². The maximum atomic E-state index is 14.1. The van der Waals surface area contributed by atoms with Crippen LogP contribution in [0, 0.1) is 22.7 Å². The van der Waals surface area contributed by atoms with Crippen LogP contribution < -0.4 is 4.90 Å². The molecule has 156 valence electrons. The van der Waals surface area contributed by atoms with Crippen LogP contribution in [0.1, 0.15) is 18.9 Å². The minimum Gasteiger partial charge on any atom is -0.387 e. The van der Waals surface area contributed by atoms with Gasteiger partial charge in [0.05, 0.1) is 29.8 Å². The number of fused-ring (bicyclic) bond motifs is 4. The number of rotatable bonds is 2. The van der Waals surface area contributed by atoms with E-state index in [1.54, 1.807) is 37.3 Å². The third kappa shape index (κ3) is 1.75. The zero-order valence-electron chi connectivity index (χ0n) is 16.9. The smallest absolute Gasteiger partial charge is 0.247 e. The van der Waals surface area contributed by atoms with E-state index >= 15 is 0 Å². The van der Waals surface area contributed by atoms with Gasteiger partial charge in [0.2, 0.25) is 11.8 Å². The van der Waals surface area contributed by atoms with E-state index in [4.69, 9.17) is 9.47 Å². The second-order valence-electron chi connectivity index (χ2n) is 8.94. The number of hydrogen-bond donors (Lipinski definition) is 1. The van der Waals surface area contributed by atoms with Crippen molar-refractivity contribution in [1.29, 1.82) is 5.26 Å². The molecule has 4 saturated heterocycles. The molecule has 7 heteroatoms. The van der Waals surface area contributed by atoms with Gasteiger partial charge in [-0.2, -0.15) is 5.26 Å². The van der Waals surface area contributed by atoms with Crippen LogP contribution in [0.3, 0.4) is 0 Å². The molecule has 31 heavy (non-hydrogen) atoms. The number of aliphatic hydroxyl groups excluding tert-OH is 1. The highest BCUT2D eigenvalue weighted by Gasteiger charge is 2.88. The molecular weight excluding hydrogens is 396 g/mol. The molecule has 4 aliphatic heterocycles. The quantitative estimate of drug-likeness (QED) is 0.594. The number of carbonyl (C=O) groups excluding carboxylic acids is 2. The summed E-state index contributed by atoms with van der Waals surface area (Å²) in [5.41, 5.74) is -2.83. The molecule has 2 aromatic carbocycles. The van der Waals surface area contributed by atoms with E-state index in [9.17, 15) is 20.0 Å². The minimum absolute atomic E-state index is 0.335. The number of ether oxygens (including phenoxy) is 2. The normalized spacial score (nSPS) is 40.3. The minimum atomic E-state index is -1.33. The maximum absolute atomic E-state index is 14.1. The monoisotopic (exact) mass is 416 g/mol. The van der Waals surface area contributed by atoms with Crippen LogP contribution in [-0.4, -0.2) is 46.9 Å². The molecule has 7 nitrogen and oxygen atoms in total. The van der Waals surface area contributed by atoms with Gasteiger partial charge < -0.3 is 14.6 Å². The fourth-order valence-corrected chi connectivity index (χ4v) is 6.62. The molecule has 2 amide bonds. The number of anilines is 1. The standard InChI is InChI=1S/C24H20N2O5/c1-3-23-17(22(2)18(27)19-24(23,31-22)10-11-30-19)20(28)26(21(23)29)16-9-8-13(12-25)14-6-4-5-7-15(14)16/h3-9,17-19,27H,1,10-11H2,2H3/t17?,18-,19+,22?,23+,24?/m0/s1. The summed E-state index contributed by atoms with van der Waals surface area (Å²) in [6.45, 7) is 5.97. The third-order valence-corrected chi connectivity index (χ3v) is 7.84. The van der Waals surface area contributed by atoms with Crippen LogP contribution in [0.2, 0.25) is 0 Å². The van der Waals surface area contributed by atoms with Crippen molar-refractivity contribution >= 4 is 28.3 Å². The fraction of sp³-hybridized carbons (Fsp3) is 0.375. The van der Waals surface area contributed by atoms with Gasteiger partial charge in [0, 0.05) is 17.2 Å². The fourth-order valence-electron chi connectivity index (χ4n) is 6.62. The van der Waals surface area contributed by atoms with E-state index in [-0.39, 0.29) is 0 Å². The Morgan fingerprint density at radius 1 is 1.26 bits per heavy atom. The lowest BCUT2D eigenvalue weighted by Crippen LogP contribution is -2.62. The molecule has 2 aromatic rings. The van der Waals surface area contributed by atoms with Gasteiger partial charge in [0.15, 0.2) is 0 Å². The van der Waals surface area contributed by atoms with Crippen LogP contribution in [0.4, 0.5) is 5.69 Å². The topological polar surface area (TPSA) is 99.9 Å². The lowest BCUT2D eigenvalue weighted by Gasteiger charge is -2.43. The van der Waals surface area contributed by atoms with Crippen molar-refractivity contribution < 1.29 is 24.2 Å². The lowest BCUT2D eigenvalue weighted by atomic mass is 9.55. The number of nitrogens with zero attached hydrogens (tertiary/aromatic N) is 2. The molecule has 0 radical (unpaired) electrons. The molecule has 0 aromatic heterocycles. The van der Waals surface area contributed by atoms with E-state index in [1.807, 2.05) is 6.07 Å². The SMILES string of the molecule is C=C[C@]12C(=O)N(c3ccc(C#N)c4ccccc34)C(=O)C1C1(C)OC23CCO[C@@H]3[C@@H]1O. The first-order chi connectivity index (χ1) is 14.9. The summed E-state index contributed by atoms with van der Waals surface area (Å²) < 4.78 is 12.1. The Balaban J connectivity index is 1.61. The van der Waals surface area contributed by atoms with Crippen LogP contribution in [-0.2, 0) is 19.1 Å². The zero-order chi connectivity index (χ0) is 21.8. The highest BCUT2D eigenvalue weighted by molar-refractivity contribution is 6.28. The Hall–Kier alpha value is -3.05. The molecule has 4 aliphatic rings. The van der Waals surface area contributed by atoms with Gasteiger partial charge in [0.25, 0.3) is 0 Å². The number of benzene rings is 2. The van der Waals surface area contributed by atoms with Gasteiger partial charge in [-0.05, 0) is 19.1 Å². The highest BCUT2D eigenvalue weighted by Crippen LogP contribution is 2.71. The summed E-state index contributed by atoms with van der Waals surface area (Å²) in [7, 11) is 0. The number of imide groups is 1. The Bertz CT molecular complexity index is 1250. The molecule has 1 N–H and O–H groups in total. The molecular formula is C24H20N2O5. The van der Waals surface area contributed by atoms with Crippen LogP contribution in [0.25, 0.3) is 10.8 Å². The van der Waals surface area contributed by atoms with E-state index in [1.165, 1.54) is 11.0 Å². The van der Waals surface area contributed by atoms with Gasteiger partial charge >= 0.3 is 0 Å². The predicted molar refractivity (Wildman–Crippen MR) is 110 cm³/mol. The number of amides is 2. The first kappa shape index (κ1) is 18.7. The van der Waals surface area contributed by atoms with Crippen LogP contribution in [0.15, 0.2) is 49.1 Å². The van der Waals surface area contributed by atoms with Crippen molar-refractivity contribution in [2.24, 2.45) is 11.3 Å². The van der Waals surface area contributed by atoms with E-state index in [0.717, 1.165) is 0 Å². The number of hydrogen-bond acceptors (Lipinski definition) is 6. The van der Waals surface area contributed by atoms with Crippen LogP contribution >= 0.6 is 0 Å². The summed E-state index contributed by atoms with van der Waals surface area (Å²) in [6.07, 6.45) is 0.208. The number of aliphatic hydroxyl groups is 1. The summed E-state index contributed by atoms with van der Waals surface area (Å²) in [4.78, 5) is 29.1. The first-order valence-corrected chi connectivity index (χ1v) is 10.3. The molecule has 6 rings (SSSR count). The summed E-state index contributed by atoms with van der Waals surface area (Å²) in [5, 5.41) is 21.8. The summed E-state index contributed by atoms with van der Waals surface area (Å²) in [5.74, 6) is -1.76. The lowest BCUT2D eigenvalue weighted by molar-refractivity contribution is -0.138. The van der Waals surface area contributed by atoms with Gasteiger partial charge in [-0.15, -0.1) is 6.58 Å². The zero-order valence-corrected chi connectivity index (χ0v) is 16.9. The first-order valence-electron chi connectivity index (χ1n) is 10.3. The molecule has 4 heterocycles. The van der Waals surface area contributed by atoms with Gasteiger partial charge in [-0.1, -0.05) is 30.3 Å². The molecule has 4 fully saturated rings. The molecule has 3 unspecified atom stereocenters. The van der Waals surface area contributed by atoms with Crippen molar-refractivity contribution in [3.05, 3.63) is 54.6 Å². The molecule has 2 bridgehead atoms. The highest BCUT2D eigenvalue weighted by atomic mass is 16.6. The Morgan fingerprint density at radius 2 is 2.00 bits per heavy atom. The number of carbonyl (C=O) groups is 2. The Morgan fingerprint density at radius 3 is 2.71 bits per heavy atom. The number of nitriles is 1. The Labute approximate surface area is 178 Å². The second-order valence-corrected chi connectivity index (χ2v) is 8.94. The van der Waals surface area contributed by atoms with Crippen molar-refractivity contribution in [2.45, 2.75) is 36.8 Å². The second kappa shape index (κ2) is 5.60. The molecule has 6 atom stereocenters. The van der Waals surface area contributed by atoms with E-state index in [2.05, 4.69) is 12.6 Å². The molecule has 0 aliphatic carbocycles. The molecule has 1 spiro atoms. The van der Waals surface area contributed by atoms with E-state index < -0.39 is 46.6 Å². The van der Waals surface area contributed by atoms with Gasteiger partial charge in [0.1, 0.15) is 28.8 Å². The van der Waals surface area contributed by atoms with Gasteiger partial charge in [-0.25, -0.2) is 4.90 Å². The largest absolute Gasteiger partial charge is 0.387 e. The van der Waals surface area contributed by atoms with Crippen LogP contribution in [0.5, 0.6) is 0 Å². The van der Waals surface area contributed by atoms with E-state index in [0.29, 0.717) is 35.1 Å². The molecule has 0 saturated carbocycles. The third-order valence-electron chi connectivity index (χ3n) is 7.84. The van der Waals surface area contributed by atoms with Crippen molar-refractivity contribution in [1.82, 2.24) is 0 Å². The van der Waals surface area contributed by atoms with Crippen molar-refractivity contribution in [2.75, 3.05) is 11.5 Å². The average Bonchev–Trinajstić information content (AvgIpc) is 3.43.